The van der Waals surface area contributed by atoms with Crippen molar-refractivity contribution in [3.8, 4) is 0 Å². The highest BCUT2D eigenvalue weighted by molar-refractivity contribution is 6.07. The van der Waals surface area contributed by atoms with Crippen LogP contribution in [0.2, 0.25) is 0 Å². The normalized spacial score (nSPS) is 10.2. The molecule has 2 rings (SSSR count). The van der Waals surface area contributed by atoms with E-state index in [-0.39, 0.29) is 11.3 Å². The molecule has 0 fully saturated rings. The van der Waals surface area contributed by atoms with Crippen LogP contribution in [0.25, 0.3) is 0 Å². The molecule has 3 N–H and O–H groups in total. The topological polar surface area (TPSA) is 111 Å². The Morgan fingerprint density at radius 1 is 1.33 bits per heavy atom. The van der Waals surface area contributed by atoms with E-state index in [1.807, 2.05) is 0 Å². The van der Waals surface area contributed by atoms with Gasteiger partial charge in [-0.05, 0) is 32.0 Å². The third kappa shape index (κ3) is 3.14. The molecule has 0 saturated carbocycles. The van der Waals surface area contributed by atoms with Gasteiger partial charge >= 0.3 is 0 Å². The van der Waals surface area contributed by atoms with Gasteiger partial charge in [0.15, 0.2) is 0 Å². The van der Waals surface area contributed by atoms with Crippen LogP contribution in [0.4, 0.5) is 17.1 Å². The molecule has 0 aliphatic rings. The highest BCUT2D eigenvalue weighted by atomic mass is 16.6. The molecule has 0 unspecified atom stereocenters. The van der Waals surface area contributed by atoms with Crippen LogP contribution in [0.3, 0.4) is 0 Å². The van der Waals surface area contributed by atoms with E-state index in [1.165, 1.54) is 24.4 Å². The van der Waals surface area contributed by atoms with Crippen molar-refractivity contribution in [2.45, 2.75) is 13.8 Å². The predicted molar refractivity (Wildman–Crippen MR) is 79.2 cm³/mol. The summed E-state index contributed by atoms with van der Waals surface area (Å²) >= 11 is 0. The van der Waals surface area contributed by atoms with Crippen LogP contribution in [0, 0.1) is 24.0 Å². The van der Waals surface area contributed by atoms with Gasteiger partial charge in [0.25, 0.3) is 11.6 Å². The Morgan fingerprint density at radius 2 is 2.05 bits per heavy atom. The van der Waals surface area contributed by atoms with E-state index >= 15 is 0 Å². The van der Waals surface area contributed by atoms with Crippen molar-refractivity contribution >= 4 is 23.0 Å². The largest absolute Gasteiger partial charge is 0.398 e. The molecule has 7 heteroatoms. The lowest BCUT2D eigenvalue weighted by Gasteiger charge is -2.08. The van der Waals surface area contributed by atoms with Crippen molar-refractivity contribution in [3.63, 3.8) is 0 Å². The number of carbonyl (C=O) groups excluding carboxylic acids is 1. The second kappa shape index (κ2) is 5.58. The van der Waals surface area contributed by atoms with E-state index < -0.39 is 10.8 Å². The number of carbonyl (C=O) groups is 1. The Kier molecular flexibility index (Phi) is 3.84. The first-order chi connectivity index (χ1) is 9.88. The lowest BCUT2D eigenvalue weighted by molar-refractivity contribution is -0.385. The van der Waals surface area contributed by atoms with Gasteiger partial charge < -0.3 is 11.1 Å². The maximum absolute atomic E-state index is 12.1. The van der Waals surface area contributed by atoms with E-state index in [4.69, 9.17) is 5.73 Å². The van der Waals surface area contributed by atoms with E-state index in [0.29, 0.717) is 16.9 Å². The number of nitro benzene ring substituents is 1. The highest BCUT2D eigenvalue weighted by Crippen LogP contribution is 2.22. The van der Waals surface area contributed by atoms with Crippen LogP contribution in [-0.2, 0) is 0 Å². The molecule has 0 bridgehead atoms. The van der Waals surface area contributed by atoms with Crippen molar-refractivity contribution in [1.29, 1.82) is 0 Å². The molecular formula is C14H14N4O3. The number of nitrogens with zero attached hydrogens (tertiary/aromatic N) is 2. The van der Waals surface area contributed by atoms with Crippen LogP contribution in [-0.4, -0.2) is 15.8 Å². The maximum Gasteiger partial charge on any atom is 0.272 e. The number of nitrogen functional groups attached to an aromatic ring is 1. The number of anilines is 2. The number of amides is 1. The van der Waals surface area contributed by atoms with Crippen LogP contribution in [0.15, 0.2) is 30.5 Å². The summed E-state index contributed by atoms with van der Waals surface area (Å²) in [5, 5.41) is 13.4. The molecule has 2 aromatic rings. The number of nitro groups is 1. The van der Waals surface area contributed by atoms with Crippen molar-refractivity contribution in [3.05, 3.63) is 57.4 Å². The van der Waals surface area contributed by atoms with E-state index in [9.17, 15) is 14.9 Å². The zero-order chi connectivity index (χ0) is 15.6. The van der Waals surface area contributed by atoms with Gasteiger partial charge in [0.1, 0.15) is 0 Å². The smallest absolute Gasteiger partial charge is 0.272 e. The monoisotopic (exact) mass is 286 g/mol. The number of aryl methyl sites for hydroxylation is 2. The molecule has 108 valence electrons. The SMILES string of the molecule is Cc1cc(N)c(C(=O)Nc2ccc([N+](=O)[O-])c(C)c2)cn1. The van der Waals surface area contributed by atoms with Gasteiger partial charge in [-0.1, -0.05) is 0 Å². The van der Waals surface area contributed by atoms with Crippen molar-refractivity contribution in [2.75, 3.05) is 11.1 Å². The van der Waals surface area contributed by atoms with Crippen LogP contribution in [0.5, 0.6) is 0 Å². The molecule has 1 heterocycles. The number of benzene rings is 1. The van der Waals surface area contributed by atoms with Crippen molar-refractivity contribution in [2.24, 2.45) is 0 Å². The van der Waals surface area contributed by atoms with Gasteiger partial charge in [0.2, 0.25) is 0 Å². The van der Waals surface area contributed by atoms with E-state index in [1.54, 1.807) is 19.9 Å². The van der Waals surface area contributed by atoms with E-state index in [0.717, 1.165) is 5.69 Å². The molecule has 1 amide bonds. The molecule has 1 aromatic carbocycles. The summed E-state index contributed by atoms with van der Waals surface area (Å²) in [4.78, 5) is 26.4. The molecular weight excluding hydrogens is 272 g/mol. The summed E-state index contributed by atoms with van der Waals surface area (Å²) in [7, 11) is 0. The summed E-state index contributed by atoms with van der Waals surface area (Å²) in [5.41, 5.74) is 8.02. The van der Waals surface area contributed by atoms with Gasteiger partial charge in [0, 0.05) is 34.9 Å². The summed E-state index contributed by atoms with van der Waals surface area (Å²) < 4.78 is 0. The summed E-state index contributed by atoms with van der Waals surface area (Å²) in [6.45, 7) is 3.38. The number of hydrogen-bond donors (Lipinski definition) is 2. The number of nitrogens with one attached hydrogen (secondary N) is 1. The van der Waals surface area contributed by atoms with Gasteiger partial charge in [-0.2, -0.15) is 0 Å². The second-order valence-corrected chi connectivity index (χ2v) is 4.63. The fraction of sp³-hybridized carbons (Fsp3) is 0.143. The van der Waals surface area contributed by atoms with Crippen molar-refractivity contribution in [1.82, 2.24) is 4.98 Å². The zero-order valence-electron chi connectivity index (χ0n) is 11.6. The fourth-order valence-electron chi connectivity index (χ4n) is 1.91. The molecule has 0 aliphatic carbocycles. The summed E-state index contributed by atoms with van der Waals surface area (Å²) in [6, 6.07) is 5.96. The summed E-state index contributed by atoms with van der Waals surface area (Å²) in [5.74, 6) is -0.409. The lowest BCUT2D eigenvalue weighted by atomic mass is 10.1. The number of hydrogen-bond acceptors (Lipinski definition) is 5. The molecule has 0 aliphatic heterocycles. The average molecular weight is 286 g/mol. The highest BCUT2D eigenvalue weighted by Gasteiger charge is 2.14. The van der Waals surface area contributed by atoms with Gasteiger partial charge in [-0.3, -0.25) is 19.9 Å². The number of aromatic nitrogens is 1. The minimum atomic E-state index is -0.469. The predicted octanol–water partition coefficient (Wildman–Crippen LogP) is 2.44. The Hall–Kier alpha value is -2.96. The Bertz CT molecular complexity index is 728. The molecule has 1 aromatic heterocycles. The third-order valence-electron chi connectivity index (χ3n) is 2.97. The minimum absolute atomic E-state index is 0.00418. The zero-order valence-corrected chi connectivity index (χ0v) is 11.6. The lowest BCUT2D eigenvalue weighted by Crippen LogP contribution is -2.14. The van der Waals surface area contributed by atoms with Crippen LogP contribution in [0.1, 0.15) is 21.6 Å². The number of nitrogens with two attached hydrogens (primary N) is 1. The standard InChI is InChI=1S/C14H14N4O3/c1-8-5-10(3-4-13(8)18(20)21)17-14(19)11-7-16-9(2)6-12(11)15/h3-7H,1-2H3,(H2,15,16)(H,17,19). The molecule has 0 radical (unpaired) electrons. The van der Waals surface area contributed by atoms with Crippen LogP contribution < -0.4 is 11.1 Å². The van der Waals surface area contributed by atoms with Gasteiger partial charge in [-0.25, -0.2) is 0 Å². The Balaban J connectivity index is 2.23. The molecule has 21 heavy (non-hydrogen) atoms. The fourth-order valence-corrected chi connectivity index (χ4v) is 1.91. The number of rotatable bonds is 3. The average Bonchev–Trinajstić information content (AvgIpc) is 2.37. The van der Waals surface area contributed by atoms with Gasteiger partial charge in [0.05, 0.1) is 10.5 Å². The summed E-state index contributed by atoms with van der Waals surface area (Å²) in [6.07, 6.45) is 1.40. The van der Waals surface area contributed by atoms with Crippen LogP contribution >= 0.6 is 0 Å². The first kappa shape index (κ1) is 14.4. The quantitative estimate of drug-likeness (QED) is 0.665. The Labute approximate surface area is 121 Å². The third-order valence-corrected chi connectivity index (χ3v) is 2.97. The molecule has 7 nitrogen and oxygen atoms in total. The second-order valence-electron chi connectivity index (χ2n) is 4.63. The van der Waals surface area contributed by atoms with Gasteiger partial charge in [-0.15, -0.1) is 0 Å². The first-order valence-corrected chi connectivity index (χ1v) is 6.17. The Morgan fingerprint density at radius 3 is 2.62 bits per heavy atom. The number of pyridine rings is 1. The van der Waals surface area contributed by atoms with Crippen molar-refractivity contribution < 1.29 is 9.72 Å². The minimum Gasteiger partial charge on any atom is -0.398 e. The first-order valence-electron chi connectivity index (χ1n) is 6.17. The molecule has 0 atom stereocenters. The molecule has 0 saturated heterocycles. The van der Waals surface area contributed by atoms with E-state index in [2.05, 4.69) is 10.3 Å². The maximum atomic E-state index is 12.1. The molecule has 0 spiro atoms.